The van der Waals surface area contributed by atoms with Crippen molar-refractivity contribution in [2.45, 2.75) is 71.3 Å². The van der Waals surface area contributed by atoms with E-state index in [1.165, 1.54) is 51.5 Å². The van der Waals surface area contributed by atoms with Crippen LogP contribution in [0.1, 0.15) is 65.7 Å². The van der Waals surface area contributed by atoms with Crippen LogP contribution in [0.4, 0.5) is 0 Å². The summed E-state index contributed by atoms with van der Waals surface area (Å²) in [4.78, 5) is 0. The Kier molecular flexibility index (Phi) is 3.92. The van der Waals surface area contributed by atoms with Gasteiger partial charge in [-0.05, 0) is 80.6 Å². The molecule has 3 rings (SSSR count). The summed E-state index contributed by atoms with van der Waals surface area (Å²) in [6.07, 6.45) is 9.82. The first-order chi connectivity index (χ1) is 9.43. The highest BCUT2D eigenvalue weighted by Crippen LogP contribution is 2.49. The summed E-state index contributed by atoms with van der Waals surface area (Å²) >= 11 is 0. The minimum absolute atomic E-state index is 0.212. The van der Waals surface area contributed by atoms with Crippen LogP contribution < -0.4 is 11.1 Å². The Labute approximate surface area is 125 Å². The van der Waals surface area contributed by atoms with Gasteiger partial charge in [-0.15, -0.1) is 0 Å². The molecule has 116 valence electrons. The van der Waals surface area contributed by atoms with E-state index in [-0.39, 0.29) is 5.54 Å². The molecule has 0 aromatic heterocycles. The third kappa shape index (κ3) is 3.39. The Balaban J connectivity index is 1.62. The number of hydrogen-bond acceptors (Lipinski definition) is 2. The molecule has 20 heavy (non-hydrogen) atoms. The highest BCUT2D eigenvalue weighted by atomic mass is 15.0. The van der Waals surface area contributed by atoms with Crippen molar-refractivity contribution in [3.05, 3.63) is 0 Å². The molecule has 3 aliphatic rings. The SMILES string of the molecule is CC1CC(C)(C)CC(CN)(NCC(C2CC2)C2CC2)C1. The summed E-state index contributed by atoms with van der Waals surface area (Å²) in [5, 5.41) is 3.99. The summed E-state index contributed by atoms with van der Waals surface area (Å²) in [5.74, 6) is 3.84. The van der Waals surface area contributed by atoms with Gasteiger partial charge in [0.25, 0.3) is 0 Å². The van der Waals surface area contributed by atoms with Crippen molar-refractivity contribution >= 4 is 0 Å². The third-order valence-electron chi connectivity index (χ3n) is 6.02. The minimum Gasteiger partial charge on any atom is -0.329 e. The molecule has 0 spiro atoms. The lowest BCUT2D eigenvalue weighted by atomic mass is 9.64. The van der Waals surface area contributed by atoms with E-state index < -0.39 is 0 Å². The van der Waals surface area contributed by atoms with Crippen molar-refractivity contribution in [1.29, 1.82) is 0 Å². The van der Waals surface area contributed by atoms with Crippen LogP contribution in [-0.4, -0.2) is 18.6 Å². The maximum absolute atomic E-state index is 6.23. The molecule has 0 aromatic carbocycles. The van der Waals surface area contributed by atoms with Crippen LogP contribution >= 0.6 is 0 Å². The zero-order valence-electron chi connectivity index (χ0n) is 13.8. The van der Waals surface area contributed by atoms with Gasteiger partial charge in [-0.3, -0.25) is 0 Å². The van der Waals surface area contributed by atoms with Gasteiger partial charge in [0, 0.05) is 12.1 Å². The van der Waals surface area contributed by atoms with Crippen LogP contribution in [0.25, 0.3) is 0 Å². The first kappa shape index (κ1) is 14.8. The van der Waals surface area contributed by atoms with Crippen molar-refractivity contribution in [3.8, 4) is 0 Å². The molecule has 0 aromatic rings. The van der Waals surface area contributed by atoms with Crippen molar-refractivity contribution in [1.82, 2.24) is 5.32 Å². The summed E-state index contributed by atoms with van der Waals surface area (Å²) in [6, 6.07) is 0. The standard InChI is InChI=1S/C18H34N2/c1-13-8-17(2,3)11-18(9-13,12-19)20-10-16(14-4-5-14)15-6-7-15/h13-16,20H,4-12,19H2,1-3H3. The molecule has 2 nitrogen and oxygen atoms in total. The molecule has 2 atom stereocenters. The average Bonchev–Trinajstić information content (AvgIpc) is 3.21. The molecule has 0 saturated heterocycles. The monoisotopic (exact) mass is 278 g/mol. The fourth-order valence-electron chi connectivity index (χ4n) is 5.21. The number of nitrogens with one attached hydrogen (secondary N) is 1. The summed E-state index contributed by atoms with van der Waals surface area (Å²) in [5.41, 5.74) is 6.88. The summed E-state index contributed by atoms with van der Waals surface area (Å²) in [7, 11) is 0. The van der Waals surface area contributed by atoms with Crippen LogP contribution in [0.2, 0.25) is 0 Å². The van der Waals surface area contributed by atoms with Crippen molar-refractivity contribution in [2.75, 3.05) is 13.1 Å². The van der Waals surface area contributed by atoms with E-state index in [9.17, 15) is 0 Å². The second-order valence-electron chi connectivity index (χ2n) is 9.06. The Morgan fingerprint density at radius 3 is 2.15 bits per heavy atom. The first-order valence-electron chi connectivity index (χ1n) is 8.88. The zero-order chi connectivity index (χ0) is 14.4. The second-order valence-corrected chi connectivity index (χ2v) is 9.06. The van der Waals surface area contributed by atoms with E-state index in [1.54, 1.807) is 0 Å². The largest absolute Gasteiger partial charge is 0.329 e. The Morgan fingerprint density at radius 1 is 1.10 bits per heavy atom. The highest BCUT2D eigenvalue weighted by Gasteiger charge is 2.45. The molecule has 2 heteroatoms. The van der Waals surface area contributed by atoms with Crippen LogP contribution in [0.15, 0.2) is 0 Å². The lowest BCUT2D eigenvalue weighted by Crippen LogP contribution is -2.58. The van der Waals surface area contributed by atoms with Gasteiger partial charge in [-0.25, -0.2) is 0 Å². The maximum atomic E-state index is 6.23. The van der Waals surface area contributed by atoms with Gasteiger partial charge in [0.05, 0.1) is 0 Å². The predicted octanol–water partition coefficient (Wildman–Crippen LogP) is 3.56. The number of rotatable bonds is 6. The molecule has 3 N–H and O–H groups in total. The third-order valence-corrected chi connectivity index (χ3v) is 6.02. The van der Waals surface area contributed by atoms with Crippen LogP contribution in [0.3, 0.4) is 0 Å². The molecule has 0 radical (unpaired) electrons. The number of nitrogens with two attached hydrogens (primary N) is 1. The van der Waals surface area contributed by atoms with Crippen LogP contribution in [0, 0.1) is 29.1 Å². The molecule has 0 aliphatic heterocycles. The molecule has 3 saturated carbocycles. The number of hydrogen-bond donors (Lipinski definition) is 2. The van der Waals surface area contributed by atoms with Gasteiger partial charge in [0.15, 0.2) is 0 Å². The molecule has 0 bridgehead atoms. The van der Waals surface area contributed by atoms with Crippen molar-refractivity contribution in [2.24, 2.45) is 34.8 Å². The molecule has 0 heterocycles. The molecule has 3 fully saturated rings. The fourth-order valence-corrected chi connectivity index (χ4v) is 5.21. The summed E-state index contributed by atoms with van der Waals surface area (Å²) in [6.45, 7) is 9.30. The van der Waals surface area contributed by atoms with Gasteiger partial charge in [-0.2, -0.15) is 0 Å². The van der Waals surface area contributed by atoms with Gasteiger partial charge < -0.3 is 11.1 Å². The summed E-state index contributed by atoms with van der Waals surface area (Å²) < 4.78 is 0. The predicted molar refractivity (Wildman–Crippen MR) is 85.5 cm³/mol. The molecular weight excluding hydrogens is 244 g/mol. The molecule has 3 aliphatic carbocycles. The molecular formula is C18H34N2. The maximum Gasteiger partial charge on any atom is 0.0311 e. The highest BCUT2D eigenvalue weighted by molar-refractivity contribution is 5.01. The topological polar surface area (TPSA) is 38.0 Å². The van der Waals surface area contributed by atoms with Crippen LogP contribution in [-0.2, 0) is 0 Å². The second kappa shape index (κ2) is 5.28. The Bertz CT molecular complexity index is 331. The van der Waals surface area contributed by atoms with E-state index in [0.717, 1.165) is 30.2 Å². The van der Waals surface area contributed by atoms with E-state index >= 15 is 0 Å². The zero-order valence-corrected chi connectivity index (χ0v) is 13.8. The molecule has 0 amide bonds. The smallest absolute Gasteiger partial charge is 0.0311 e. The van der Waals surface area contributed by atoms with Gasteiger partial charge >= 0.3 is 0 Å². The van der Waals surface area contributed by atoms with E-state index in [2.05, 4.69) is 26.1 Å². The van der Waals surface area contributed by atoms with Crippen molar-refractivity contribution < 1.29 is 0 Å². The van der Waals surface area contributed by atoms with E-state index in [4.69, 9.17) is 5.73 Å². The lowest BCUT2D eigenvalue weighted by Gasteiger charge is -2.48. The van der Waals surface area contributed by atoms with E-state index in [1.807, 2.05) is 0 Å². The quantitative estimate of drug-likeness (QED) is 0.779. The lowest BCUT2D eigenvalue weighted by molar-refractivity contribution is 0.0810. The van der Waals surface area contributed by atoms with Crippen LogP contribution in [0.5, 0.6) is 0 Å². The van der Waals surface area contributed by atoms with Crippen molar-refractivity contribution in [3.63, 3.8) is 0 Å². The van der Waals surface area contributed by atoms with Gasteiger partial charge in [0.2, 0.25) is 0 Å². The Hall–Kier alpha value is -0.0800. The van der Waals surface area contributed by atoms with E-state index in [0.29, 0.717) is 5.41 Å². The van der Waals surface area contributed by atoms with Gasteiger partial charge in [-0.1, -0.05) is 20.8 Å². The Morgan fingerprint density at radius 2 is 1.70 bits per heavy atom. The average molecular weight is 278 g/mol. The fraction of sp³-hybridized carbons (Fsp3) is 1.00. The van der Waals surface area contributed by atoms with Gasteiger partial charge in [0.1, 0.15) is 0 Å². The molecule has 2 unspecified atom stereocenters. The normalized spacial score (nSPS) is 37.4. The first-order valence-corrected chi connectivity index (χ1v) is 8.88. The minimum atomic E-state index is 0.212.